The zero-order valence-electron chi connectivity index (χ0n) is 10.3. The molecule has 0 aliphatic heterocycles. The average molecular weight is 301 g/mol. The van der Waals surface area contributed by atoms with Gasteiger partial charge < -0.3 is 0 Å². The average Bonchev–Trinajstić information content (AvgIpc) is 2.36. The molecule has 2 aromatic rings. The van der Waals surface area contributed by atoms with Crippen LogP contribution in [0.2, 0.25) is 0 Å². The molecule has 18 heavy (non-hydrogen) atoms. The van der Waals surface area contributed by atoms with Crippen LogP contribution in [0.1, 0.15) is 29.8 Å². The van der Waals surface area contributed by atoms with Gasteiger partial charge in [-0.25, -0.2) is 0 Å². The molecular formula is C16H13BrO. The molecule has 0 aromatic heterocycles. The number of hydrogen-bond acceptors (Lipinski definition) is 1. The Kier molecular flexibility index (Phi) is 2.46. The predicted octanol–water partition coefficient (Wildman–Crippen LogP) is 4.59. The van der Waals surface area contributed by atoms with E-state index in [2.05, 4.69) is 22.0 Å². The molecule has 0 amide bonds. The molecule has 90 valence electrons. The molecule has 2 aromatic carbocycles. The van der Waals surface area contributed by atoms with E-state index in [1.54, 1.807) is 0 Å². The van der Waals surface area contributed by atoms with E-state index < -0.39 is 5.41 Å². The van der Waals surface area contributed by atoms with Crippen LogP contribution in [0, 0.1) is 0 Å². The highest BCUT2D eigenvalue weighted by atomic mass is 79.9. The lowest BCUT2D eigenvalue weighted by molar-refractivity contribution is 0.0906. The van der Waals surface area contributed by atoms with Crippen molar-refractivity contribution in [2.45, 2.75) is 19.3 Å². The standard InChI is InChI=1S/C16H13BrO/c1-16(2)14-8-7-10(17)9-13(14)11-5-3-4-6-12(11)15(16)18/h3-9H,1-2H3. The van der Waals surface area contributed by atoms with Crippen molar-refractivity contribution in [2.75, 3.05) is 0 Å². The maximum absolute atomic E-state index is 12.6. The van der Waals surface area contributed by atoms with Gasteiger partial charge in [-0.1, -0.05) is 46.3 Å². The minimum absolute atomic E-state index is 0.202. The molecule has 0 fully saturated rings. The van der Waals surface area contributed by atoms with Crippen LogP contribution >= 0.6 is 15.9 Å². The van der Waals surface area contributed by atoms with Gasteiger partial charge in [0.1, 0.15) is 0 Å². The van der Waals surface area contributed by atoms with E-state index in [9.17, 15) is 4.79 Å². The maximum atomic E-state index is 12.6. The first-order valence-electron chi connectivity index (χ1n) is 5.96. The Morgan fingerprint density at radius 3 is 2.33 bits per heavy atom. The Bertz CT molecular complexity index is 656. The van der Waals surface area contributed by atoms with Gasteiger partial charge in [0.15, 0.2) is 5.78 Å². The fourth-order valence-electron chi connectivity index (χ4n) is 2.66. The van der Waals surface area contributed by atoms with Crippen LogP contribution in [0.25, 0.3) is 11.1 Å². The van der Waals surface area contributed by atoms with E-state index >= 15 is 0 Å². The summed E-state index contributed by atoms with van der Waals surface area (Å²) in [7, 11) is 0. The van der Waals surface area contributed by atoms with Gasteiger partial charge in [0, 0.05) is 10.0 Å². The van der Waals surface area contributed by atoms with Gasteiger partial charge in [-0.15, -0.1) is 0 Å². The van der Waals surface area contributed by atoms with E-state index in [4.69, 9.17) is 0 Å². The minimum Gasteiger partial charge on any atom is -0.293 e. The van der Waals surface area contributed by atoms with Crippen molar-refractivity contribution in [1.29, 1.82) is 0 Å². The number of Topliss-reactive ketones (excluding diaryl/α,β-unsaturated/α-hetero) is 1. The molecule has 1 aliphatic carbocycles. The molecule has 0 N–H and O–H groups in total. The largest absolute Gasteiger partial charge is 0.293 e. The van der Waals surface area contributed by atoms with Gasteiger partial charge in [0.2, 0.25) is 0 Å². The summed E-state index contributed by atoms with van der Waals surface area (Å²) in [6, 6.07) is 14.0. The van der Waals surface area contributed by atoms with Crippen molar-refractivity contribution in [3.05, 3.63) is 58.1 Å². The zero-order chi connectivity index (χ0) is 12.9. The number of carbonyl (C=O) groups excluding carboxylic acids is 1. The second-order valence-corrected chi connectivity index (χ2v) is 6.11. The van der Waals surface area contributed by atoms with Crippen molar-refractivity contribution >= 4 is 21.7 Å². The molecule has 0 unspecified atom stereocenters. The molecular weight excluding hydrogens is 288 g/mol. The predicted molar refractivity (Wildman–Crippen MR) is 76.9 cm³/mol. The molecule has 0 heterocycles. The van der Waals surface area contributed by atoms with Crippen molar-refractivity contribution in [3.63, 3.8) is 0 Å². The van der Waals surface area contributed by atoms with Crippen LogP contribution < -0.4 is 0 Å². The molecule has 0 saturated heterocycles. The molecule has 0 saturated carbocycles. The third-order valence-electron chi connectivity index (χ3n) is 3.68. The topological polar surface area (TPSA) is 17.1 Å². The molecule has 1 nitrogen and oxygen atoms in total. The third-order valence-corrected chi connectivity index (χ3v) is 4.18. The normalized spacial score (nSPS) is 16.1. The molecule has 0 bridgehead atoms. The van der Waals surface area contributed by atoms with E-state index in [0.717, 1.165) is 26.7 Å². The van der Waals surface area contributed by atoms with Crippen LogP contribution in [0.15, 0.2) is 46.9 Å². The third kappa shape index (κ3) is 1.49. The second kappa shape index (κ2) is 3.79. The van der Waals surface area contributed by atoms with Crippen LogP contribution in [0.3, 0.4) is 0 Å². The van der Waals surface area contributed by atoms with Crippen LogP contribution in [0.5, 0.6) is 0 Å². The minimum atomic E-state index is -0.454. The Labute approximate surface area is 115 Å². The van der Waals surface area contributed by atoms with Gasteiger partial charge in [-0.2, -0.15) is 0 Å². The summed E-state index contributed by atoms with van der Waals surface area (Å²) in [6.45, 7) is 4.00. The van der Waals surface area contributed by atoms with E-state index in [1.165, 1.54) is 0 Å². The molecule has 2 heteroatoms. The monoisotopic (exact) mass is 300 g/mol. The summed E-state index contributed by atoms with van der Waals surface area (Å²) in [4.78, 5) is 12.6. The van der Waals surface area contributed by atoms with Gasteiger partial charge in [0.25, 0.3) is 0 Å². The van der Waals surface area contributed by atoms with Crippen molar-refractivity contribution in [2.24, 2.45) is 0 Å². The molecule has 3 rings (SSSR count). The summed E-state index contributed by atoms with van der Waals surface area (Å²) < 4.78 is 1.04. The van der Waals surface area contributed by atoms with E-state index in [1.807, 2.05) is 50.2 Å². The number of hydrogen-bond donors (Lipinski definition) is 0. The molecule has 0 radical (unpaired) electrons. The highest BCUT2D eigenvalue weighted by Crippen LogP contribution is 2.43. The summed E-state index contributed by atoms with van der Waals surface area (Å²) >= 11 is 3.51. The Morgan fingerprint density at radius 1 is 0.944 bits per heavy atom. The second-order valence-electron chi connectivity index (χ2n) is 5.19. The Balaban J connectivity index is 2.42. The summed E-state index contributed by atoms with van der Waals surface area (Å²) in [5.74, 6) is 0.202. The number of benzene rings is 2. The van der Waals surface area contributed by atoms with Crippen LogP contribution in [-0.2, 0) is 5.41 Å². The number of halogens is 1. The number of fused-ring (bicyclic) bond motifs is 3. The van der Waals surface area contributed by atoms with Crippen molar-refractivity contribution in [1.82, 2.24) is 0 Å². The van der Waals surface area contributed by atoms with Gasteiger partial charge in [0.05, 0.1) is 5.41 Å². The molecule has 0 atom stereocenters. The quantitative estimate of drug-likeness (QED) is 0.695. The summed E-state index contributed by atoms with van der Waals surface area (Å²) in [6.07, 6.45) is 0. The zero-order valence-corrected chi connectivity index (χ0v) is 11.9. The summed E-state index contributed by atoms with van der Waals surface area (Å²) in [5, 5.41) is 0. The van der Waals surface area contributed by atoms with Gasteiger partial charge >= 0.3 is 0 Å². The fourth-order valence-corrected chi connectivity index (χ4v) is 3.02. The first-order chi connectivity index (χ1) is 8.51. The Hall–Kier alpha value is -1.41. The first-order valence-corrected chi connectivity index (χ1v) is 6.75. The summed E-state index contributed by atoms with van der Waals surface area (Å²) in [5.41, 5.74) is 3.68. The van der Waals surface area contributed by atoms with Gasteiger partial charge in [-0.3, -0.25) is 4.79 Å². The number of rotatable bonds is 0. The van der Waals surface area contributed by atoms with Gasteiger partial charge in [-0.05, 0) is 42.7 Å². The molecule has 1 aliphatic rings. The fraction of sp³-hybridized carbons (Fsp3) is 0.188. The van der Waals surface area contributed by atoms with Crippen LogP contribution in [0.4, 0.5) is 0 Å². The lowest BCUT2D eigenvalue weighted by Gasteiger charge is -2.32. The highest BCUT2D eigenvalue weighted by molar-refractivity contribution is 9.10. The highest BCUT2D eigenvalue weighted by Gasteiger charge is 2.38. The Morgan fingerprint density at radius 2 is 1.61 bits per heavy atom. The van der Waals surface area contributed by atoms with E-state index in [-0.39, 0.29) is 5.78 Å². The number of ketones is 1. The lowest BCUT2D eigenvalue weighted by Crippen LogP contribution is -2.33. The van der Waals surface area contributed by atoms with Crippen LogP contribution in [-0.4, -0.2) is 5.78 Å². The number of carbonyl (C=O) groups is 1. The molecule has 0 spiro atoms. The lowest BCUT2D eigenvalue weighted by atomic mass is 9.69. The SMILES string of the molecule is CC1(C)C(=O)c2ccccc2-c2cc(Br)ccc21. The van der Waals surface area contributed by atoms with Crippen molar-refractivity contribution in [3.8, 4) is 11.1 Å². The first kappa shape index (κ1) is 11.7. The maximum Gasteiger partial charge on any atom is 0.173 e. The van der Waals surface area contributed by atoms with Crippen molar-refractivity contribution < 1.29 is 4.79 Å². The van der Waals surface area contributed by atoms with E-state index in [0.29, 0.717) is 0 Å². The smallest absolute Gasteiger partial charge is 0.173 e.